The molecule has 0 bridgehead atoms. The maximum absolute atomic E-state index is 10.5. The summed E-state index contributed by atoms with van der Waals surface area (Å²) in [4.78, 5) is 0.882. The molecule has 2 aromatic rings. The third-order valence-corrected chi connectivity index (χ3v) is 5.93. The molecule has 0 aliphatic carbocycles. The number of nitrogens with zero attached hydrogens (tertiary/aromatic N) is 2. The lowest BCUT2D eigenvalue weighted by atomic mass is 9.72. The molecule has 1 aromatic carbocycles. The summed E-state index contributed by atoms with van der Waals surface area (Å²) in [5.74, 6) is 0.239. The number of thiol groups is 1. The molecule has 1 N–H and O–H groups in total. The molecule has 0 saturated carbocycles. The zero-order chi connectivity index (χ0) is 17.4. The lowest BCUT2D eigenvalue weighted by Gasteiger charge is -2.34. The van der Waals surface area contributed by atoms with Crippen LogP contribution in [0.3, 0.4) is 0 Å². The van der Waals surface area contributed by atoms with E-state index in [1.54, 1.807) is 11.8 Å². The summed E-state index contributed by atoms with van der Waals surface area (Å²) in [6.07, 6.45) is 2.97. The van der Waals surface area contributed by atoms with Crippen LogP contribution in [0.5, 0.6) is 5.75 Å². The standard InChI is InChI=1S/C17H24N2OS3/c1-16(2,3)9-17(4,5)11-8-12(20)10(7-13(11)21)14-18-19-15(22-6)23-14/h7-8,20-21H,9H2,1-6H3. The Morgan fingerprint density at radius 1 is 1.17 bits per heavy atom. The maximum Gasteiger partial charge on any atom is 0.174 e. The summed E-state index contributed by atoms with van der Waals surface area (Å²) in [7, 11) is 0. The van der Waals surface area contributed by atoms with Crippen LogP contribution in [0, 0.1) is 5.41 Å². The van der Waals surface area contributed by atoms with Gasteiger partial charge >= 0.3 is 0 Å². The largest absolute Gasteiger partial charge is 0.507 e. The van der Waals surface area contributed by atoms with Crippen LogP contribution in [0.25, 0.3) is 10.6 Å². The fourth-order valence-corrected chi connectivity index (χ4v) is 4.90. The van der Waals surface area contributed by atoms with Crippen molar-refractivity contribution < 1.29 is 5.11 Å². The Hall–Kier alpha value is -0.720. The first-order valence-electron chi connectivity index (χ1n) is 7.48. The number of rotatable bonds is 4. The number of benzene rings is 1. The van der Waals surface area contributed by atoms with Crippen LogP contribution in [-0.2, 0) is 5.41 Å². The molecule has 1 aromatic heterocycles. The highest BCUT2D eigenvalue weighted by atomic mass is 32.2. The second-order valence-electron chi connectivity index (χ2n) is 7.59. The average Bonchev–Trinajstić information content (AvgIpc) is 2.86. The molecule has 0 unspecified atom stereocenters. The van der Waals surface area contributed by atoms with E-state index < -0.39 is 0 Å². The van der Waals surface area contributed by atoms with Crippen LogP contribution in [0.4, 0.5) is 0 Å². The van der Waals surface area contributed by atoms with Crippen molar-refractivity contribution in [2.45, 2.75) is 55.7 Å². The van der Waals surface area contributed by atoms with Crippen LogP contribution in [0.15, 0.2) is 21.4 Å². The van der Waals surface area contributed by atoms with E-state index in [9.17, 15) is 5.11 Å². The molecule has 0 aliphatic heterocycles. The molecule has 2 rings (SSSR count). The van der Waals surface area contributed by atoms with Gasteiger partial charge in [-0.1, -0.05) is 57.7 Å². The quantitative estimate of drug-likeness (QED) is 0.542. The van der Waals surface area contributed by atoms with Gasteiger partial charge in [-0.25, -0.2) is 0 Å². The number of aromatic nitrogens is 2. The van der Waals surface area contributed by atoms with Crippen molar-refractivity contribution in [2.75, 3.05) is 6.26 Å². The number of aromatic hydroxyl groups is 1. The molecule has 0 radical (unpaired) electrons. The Kier molecular flexibility index (Phi) is 5.38. The van der Waals surface area contributed by atoms with E-state index in [1.807, 2.05) is 18.4 Å². The summed E-state index contributed by atoms with van der Waals surface area (Å²) < 4.78 is 0.886. The van der Waals surface area contributed by atoms with E-state index >= 15 is 0 Å². The van der Waals surface area contributed by atoms with E-state index in [0.29, 0.717) is 5.56 Å². The van der Waals surface area contributed by atoms with Gasteiger partial charge in [-0.3, -0.25) is 0 Å². The van der Waals surface area contributed by atoms with Crippen molar-refractivity contribution >= 4 is 35.7 Å². The summed E-state index contributed by atoms with van der Waals surface area (Å²) in [5, 5.41) is 19.5. The molecular formula is C17H24N2OS3. The first-order valence-corrected chi connectivity index (χ1v) is 9.97. The molecule has 1 heterocycles. The Balaban J connectivity index is 2.44. The van der Waals surface area contributed by atoms with Crippen LogP contribution in [0.1, 0.15) is 46.6 Å². The molecule has 126 valence electrons. The highest BCUT2D eigenvalue weighted by Crippen LogP contribution is 2.43. The van der Waals surface area contributed by atoms with Crippen molar-refractivity contribution in [2.24, 2.45) is 5.41 Å². The predicted molar refractivity (Wildman–Crippen MR) is 103 cm³/mol. The van der Waals surface area contributed by atoms with Gasteiger partial charge in [0.2, 0.25) is 0 Å². The Morgan fingerprint density at radius 2 is 1.83 bits per heavy atom. The average molecular weight is 369 g/mol. The Bertz CT molecular complexity index is 702. The van der Waals surface area contributed by atoms with Crippen molar-refractivity contribution in [1.82, 2.24) is 10.2 Å². The van der Waals surface area contributed by atoms with Gasteiger partial charge in [-0.2, -0.15) is 0 Å². The molecule has 0 aliphatic rings. The van der Waals surface area contributed by atoms with Gasteiger partial charge in [0.25, 0.3) is 0 Å². The van der Waals surface area contributed by atoms with E-state index in [0.717, 1.165) is 26.2 Å². The van der Waals surface area contributed by atoms with Gasteiger partial charge in [-0.15, -0.1) is 22.8 Å². The lowest BCUT2D eigenvalue weighted by molar-refractivity contribution is 0.281. The number of phenolic OH excluding ortho intramolecular Hbond substituents is 1. The molecule has 0 spiro atoms. The molecule has 23 heavy (non-hydrogen) atoms. The van der Waals surface area contributed by atoms with E-state index in [-0.39, 0.29) is 16.6 Å². The van der Waals surface area contributed by atoms with Crippen LogP contribution in [0.2, 0.25) is 0 Å². The smallest absolute Gasteiger partial charge is 0.174 e. The first-order chi connectivity index (χ1) is 10.5. The molecule has 0 amide bonds. The summed E-state index contributed by atoms with van der Waals surface area (Å²) >= 11 is 7.71. The number of hydrogen-bond donors (Lipinski definition) is 2. The van der Waals surface area contributed by atoms with Crippen molar-refractivity contribution in [3.05, 3.63) is 17.7 Å². The minimum Gasteiger partial charge on any atom is -0.507 e. The van der Waals surface area contributed by atoms with Gasteiger partial charge in [0.05, 0.1) is 5.56 Å². The maximum atomic E-state index is 10.5. The predicted octanol–water partition coefficient (Wildman–Crippen LogP) is 5.64. The Morgan fingerprint density at radius 3 is 2.35 bits per heavy atom. The van der Waals surface area contributed by atoms with Gasteiger partial charge in [-0.05, 0) is 41.2 Å². The van der Waals surface area contributed by atoms with Crippen molar-refractivity contribution in [3.8, 4) is 16.3 Å². The van der Waals surface area contributed by atoms with Gasteiger partial charge < -0.3 is 5.11 Å². The van der Waals surface area contributed by atoms with Crippen molar-refractivity contribution in [1.29, 1.82) is 0 Å². The van der Waals surface area contributed by atoms with Gasteiger partial charge in [0.15, 0.2) is 9.35 Å². The topological polar surface area (TPSA) is 46.0 Å². The number of phenols is 1. The SMILES string of the molecule is CSc1nnc(-c2cc(S)c(C(C)(C)CC(C)(C)C)cc2O)s1. The highest BCUT2D eigenvalue weighted by molar-refractivity contribution is 8.00. The van der Waals surface area contributed by atoms with Crippen LogP contribution in [-0.4, -0.2) is 21.6 Å². The third kappa shape index (κ3) is 4.43. The van der Waals surface area contributed by atoms with E-state index in [2.05, 4.69) is 57.4 Å². The fourth-order valence-electron chi connectivity index (χ4n) is 3.11. The number of thioether (sulfide) groups is 1. The van der Waals surface area contributed by atoms with Crippen molar-refractivity contribution in [3.63, 3.8) is 0 Å². The second-order valence-corrected chi connectivity index (χ2v) is 10.1. The zero-order valence-electron chi connectivity index (χ0n) is 14.5. The van der Waals surface area contributed by atoms with Crippen LogP contribution >= 0.6 is 35.7 Å². The normalized spacial score (nSPS) is 12.7. The Labute approximate surface area is 152 Å². The minimum atomic E-state index is -0.0725. The monoisotopic (exact) mass is 368 g/mol. The number of hydrogen-bond acceptors (Lipinski definition) is 6. The fraction of sp³-hybridized carbons (Fsp3) is 0.529. The zero-order valence-corrected chi connectivity index (χ0v) is 17.0. The summed E-state index contributed by atoms with van der Waals surface area (Å²) in [5.41, 5.74) is 1.89. The molecular weight excluding hydrogens is 344 g/mol. The third-order valence-electron chi connectivity index (χ3n) is 3.63. The lowest BCUT2D eigenvalue weighted by Crippen LogP contribution is -2.25. The second kappa shape index (κ2) is 6.65. The van der Waals surface area contributed by atoms with Gasteiger partial charge in [0, 0.05) is 4.90 Å². The van der Waals surface area contributed by atoms with E-state index in [1.165, 1.54) is 11.3 Å². The van der Waals surface area contributed by atoms with E-state index in [4.69, 9.17) is 0 Å². The molecule has 0 fully saturated rings. The molecule has 0 atom stereocenters. The molecule has 3 nitrogen and oxygen atoms in total. The highest BCUT2D eigenvalue weighted by Gasteiger charge is 2.30. The minimum absolute atomic E-state index is 0.0725. The summed E-state index contributed by atoms with van der Waals surface area (Å²) in [6.45, 7) is 11.1. The molecule has 0 saturated heterocycles. The van der Waals surface area contributed by atoms with Gasteiger partial charge in [0.1, 0.15) is 5.75 Å². The first kappa shape index (κ1) is 18.6. The molecule has 6 heteroatoms. The summed E-state index contributed by atoms with van der Waals surface area (Å²) in [6, 6.07) is 3.74. The van der Waals surface area contributed by atoms with Crippen LogP contribution < -0.4 is 0 Å².